The lowest BCUT2D eigenvalue weighted by Gasteiger charge is -2.20. The minimum atomic E-state index is -1.17. The van der Waals surface area contributed by atoms with Gasteiger partial charge in [0.05, 0.1) is 17.4 Å². The summed E-state index contributed by atoms with van der Waals surface area (Å²) >= 11 is 6.11. The monoisotopic (exact) mass is 404 g/mol. The summed E-state index contributed by atoms with van der Waals surface area (Å²) in [5.41, 5.74) is 1.27. The average molecular weight is 405 g/mol. The molecule has 28 heavy (non-hydrogen) atoms. The van der Waals surface area contributed by atoms with Gasteiger partial charge in [0.15, 0.2) is 0 Å². The number of carbonyl (C=O) groups is 2. The first kappa shape index (κ1) is 21.4. The van der Waals surface area contributed by atoms with Crippen LogP contribution >= 0.6 is 11.6 Å². The van der Waals surface area contributed by atoms with Crippen molar-refractivity contribution in [1.29, 1.82) is 0 Å². The molecule has 2 N–H and O–H groups in total. The number of nitrogens with zero attached hydrogens (tertiary/aromatic N) is 1. The molecule has 0 spiro atoms. The molecular formula is C20H21ClN2O5. The molecule has 0 aromatic heterocycles. The maximum atomic E-state index is 12.6. The van der Waals surface area contributed by atoms with E-state index in [4.69, 9.17) is 11.6 Å². The second-order valence-electron chi connectivity index (χ2n) is 7.41. The first-order valence-corrected chi connectivity index (χ1v) is 8.94. The van der Waals surface area contributed by atoms with Gasteiger partial charge in [0, 0.05) is 28.3 Å². The van der Waals surface area contributed by atoms with Gasteiger partial charge in [-0.25, -0.2) is 0 Å². The van der Waals surface area contributed by atoms with Gasteiger partial charge < -0.3 is 10.4 Å². The van der Waals surface area contributed by atoms with Crippen LogP contribution in [0.25, 0.3) is 0 Å². The van der Waals surface area contributed by atoms with Crippen LogP contribution in [-0.2, 0) is 10.2 Å². The first-order valence-electron chi connectivity index (χ1n) is 8.56. The zero-order valence-corrected chi connectivity index (χ0v) is 16.5. The van der Waals surface area contributed by atoms with E-state index in [9.17, 15) is 24.8 Å². The van der Waals surface area contributed by atoms with E-state index in [0.29, 0.717) is 5.56 Å². The van der Waals surface area contributed by atoms with Gasteiger partial charge in [-0.15, -0.1) is 0 Å². The molecule has 7 nitrogen and oxygen atoms in total. The number of hydrogen-bond donors (Lipinski definition) is 2. The molecule has 0 heterocycles. The number of rotatable bonds is 6. The molecule has 0 radical (unpaired) electrons. The zero-order chi connectivity index (χ0) is 21.1. The molecule has 0 fully saturated rings. The fourth-order valence-electron chi connectivity index (χ4n) is 2.69. The Kier molecular flexibility index (Phi) is 6.41. The van der Waals surface area contributed by atoms with Crippen molar-refractivity contribution in [2.75, 3.05) is 0 Å². The fourth-order valence-corrected chi connectivity index (χ4v) is 2.94. The number of nitro groups is 1. The van der Waals surface area contributed by atoms with Crippen molar-refractivity contribution in [1.82, 2.24) is 5.32 Å². The van der Waals surface area contributed by atoms with Crippen molar-refractivity contribution in [3.05, 3.63) is 74.3 Å². The lowest BCUT2D eigenvalue weighted by Crippen LogP contribution is -2.30. The zero-order valence-electron chi connectivity index (χ0n) is 15.7. The Balaban J connectivity index is 2.32. The van der Waals surface area contributed by atoms with Gasteiger partial charge in [-0.1, -0.05) is 44.5 Å². The van der Waals surface area contributed by atoms with E-state index in [-0.39, 0.29) is 21.7 Å². The number of halogens is 1. The third-order valence-corrected chi connectivity index (χ3v) is 4.61. The Morgan fingerprint density at radius 2 is 1.79 bits per heavy atom. The van der Waals surface area contributed by atoms with E-state index in [1.165, 1.54) is 18.2 Å². The van der Waals surface area contributed by atoms with E-state index < -0.39 is 29.3 Å². The van der Waals surface area contributed by atoms with Crippen LogP contribution in [0.15, 0.2) is 42.5 Å². The fraction of sp³-hybridized carbons (Fsp3) is 0.300. The highest BCUT2D eigenvalue weighted by molar-refractivity contribution is 6.31. The number of nitro benzene ring substituents is 1. The summed E-state index contributed by atoms with van der Waals surface area (Å²) < 4.78 is 0. The highest BCUT2D eigenvalue weighted by atomic mass is 35.5. The second-order valence-corrected chi connectivity index (χ2v) is 7.82. The molecule has 2 rings (SSSR count). The molecule has 0 saturated heterocycles. The average Bonchev–Trinajstić information content (AvgIpc) is 2.60. The lowest BCUT2D eigenvalue weighted by atomic mass is 9.86. The van der Waals surface area contributed by atoms with Gasteiger partial charge in [0.1, 0.15) is 0 Å². The standard InChI is InChI=1S/C20H21ClN2O5/c1-20(2,3)13-6-4-12(5-7-13)19(26)22-17(11-18(24)25)15-10-14(23(27)28)8-9-16(15)21/h4-10,17H,11H2,1-3H3,(H,22,26)(H,24,25). The van der Waals surface area contributed by atoms with Gasteiger partial charge in [-0.3, -0.25) is 19.7 Å². The SMILES string of the molecule is CC(C)(C)c1ccc(C(=O)NC(CC(=O)O)c2cc([N+](=O)[O-])ccc2Cl)cc1. The summed E-state index contributed by atoms with van der Waals surface area (Å²) in [7, 11) is 0. The Bertz CT molecular complexity index is 904. The molecule has 2 aromatic rings. The van der Waals surface area contributed by atoms with Crippen molar-refractivity contribution in [3.63, 3.8) is 0 Å². The highest BCUT2D eigenvalue weighted by Gasteiger charge is 2.24. The highest BCUT2D eigenvalue weighted by Crippen LogP contribution is 2.30. The van der Waals surface area contributed by atoms with Gasteiger partial charge in [-0.05, 0) is 29.2 Å². The number of amides is 1. The topological polar surface area (TPSA) is 110 Å². The summed E-state index contributed by atoms with van der Waals surface area (Å²) in [5, 5.41) is 23.0. The van der Waals surface area contributed by atoms with Crippen molar-refractivity contribution < 1.29 is 19.6 Å². The summed E-state index contributed by atoms with van der Waals surface area (Å²) in [4.78, 5) is 34.3. The minimum absolute atomic E-state index is 0.0721. The number of nitrogens with one attached hydrogen (secondary N) is 1. The van der Waals surface area contributed by atoms with E-state index in [2.05, 4.69) is 26.1 Å². The molecule has 0 saturated carbocycles. The van der Waals surface area contributed by atoms with Crippen molar-refractivity contribution in [2.45, 2.75) is 38.6 Å². The van der Waals surface area contributed by atoms with E-state index in [0.717, 1.165) is 5.56 Å². The Hall–Kier alpha value is -2.93. The van der Waals surface area contributed by atoms with Gasteiger partial charge in [0.2, 0.25) is 0 Å². The molecule has 0 aliphatic rings. The molecule has 1 atom stereocenters. The quantitative estimate of drug-likeness (QED) is 0.544. The van der Waals surface area contributed by atoms with Crippen LogP contribution in [0.2, 0.25) is 5.02 Å². The maximum absolute atomic E-state index is 12.6. The largest absolute Gasteiger partial charge is 0.481 e. The number of non-ortho nitro benzene ring substituents is 1. The number of aliphatic carboxylic acids is 1. The number of benzene rings is 2. The predicted octanol–water partition coefficient (Wildman–Crippen LogP) is 4.49. The van der Waals surface area contributed by atoms with Gasteiger partial charge in [-0.2, -0.15) is 0 Å². The lowest BCUT2D eigenvalue weighted by molar-refractivity contribution is -0.384. The van der Waals surface area contributed by atoms with E-state index in [1.54, 1.807) is 12.1 Å². The van der Waals surface area contributed by atoms with Crippen LogP contribution in [0.4, 0.5) is 5.69 Å². The van der Waals surface area contributed by atoms with Gasteiger partial charge in [0.25, 0.3) is 11.6 Å². The molecule has 0 aliphatic heterocycles. The summed E-state index contributed by atoms with van der Waals surface area (Å²) in [6, 6.07) is 9.68. The third-order valence-electron chi connectivity index (χ3n) is 4.26. The summed E-state index contributed by atoms with van der Waals surface area (Å²) in [6.45, 7) is 6.15. The number of carbonyl (C=O) groups excluding carboxylic acids is 1. The molecule has 0 bridgehead atoms. The van der Waals surface area contributed by atoms with Crippen molar-refractivity contribution in [2.24, 2.45) is 0 Å². The summed E-state index contributed by atoms with van der Waals surface area (Å²) in [5.74, 6) is -1.66. The second kappa shape index (κ2) is 8.39. The Labute approximate surface area is 167 Å². The normalized spacial score (nSPS) is 12.3. The smallest absolute Gasteiger partial charge is 0.305 e. The minimum Gasteiger partial charge on any atom is -0.481 e. The molecule has 0 aliphatic carbocycles. The van der Waals surface area contributed by atoms with Crippen LogP contribution in [0.3, 0.4) is 0 Å². The molecule has 8 heteroatoms. The van der Waals surface area contributed by atoms with Crippen LogP contribution in [0.1, 0.15) is 54.7 Å². The number of hydrogen-bond acceptors (Lipinski definition) is 4. The summed E-state index contributed by atoms with van der Waals surface area (Å²) in [6.07, 6.45) is -0.466. The van der Waals surface area contributed by atoms with Gasteiger partial charge >= 0.3 is 5.97 Å². The molecule has 1 amide bonds. The predicted molar refractivity (Wildman–Crippen MR) is 106 cm³/mol. The van der Waals surface area contributed by atoms with E-state index >= 15 is 0 Å². The number of carboxylic acid groups (broad SMARTS) is 1. The number of carboxylic acids is 1. The van der Waals surface area contributed by atoms with Crippen LogP contribution in [0, 0.1) is 10.1 Å². The molecular weight excluding hydrogens is 384 g/mol. The molecule has 148 valence electrons. The van der Waals surface area contributed by atoms with Crippen LogP contribution in [-0.4, -0.2) is 21.9 Å². The third kappa shape index (κ3) is 5.29. The van der Waals surface area contributed by atoms with Crippen molar-refractivity contribution >= 4 is 29.2 Å². The first-order chi connectivity index (χ1) is 13.0. The van der Waals surface area contributed by atoms with Crippen LogP contribution < -0.4 is 5.32 Å². The van der Waals surface area contributed by atoms with Crippen LogP contribution in [0.5, 0.6) is 0 Å². The Morgan fingerprint density at radius 3 is 2.29 bits per heavy atom. The maximum Gasteiger partial charge on any atom is 0.305 e. The Morgan fingerprint density at radius 1 is 1.18 bits per heavy atom. The molecule has 1 unspecified atom stereocenters. The van der Waals surface area contributed by atoms with E-state index in [1.807, 2.05) is 12.1 Å². The van der Waals surface area contributed by atoms with Crippen molar-refractivity contribution in [3.8, 4) is 0 Å². The molecule has 2 aromatic carbocycles.